The number of carboxylic acids is 1. The quantitative estimate of drug-likeness (QED) is 0.607. The van der Waals surface area contributed by atoms with Crippen LogP contribution in [0.1, 0.15) is 6.92 Å². The van der Waals surface area contributed by atoms with E-state index in [1.165, 1.54) is 0 Å². The Balaban J connectivity index is 0. The SMILES string of the molecule is CC(C(=O)O)N(C)C.[As]. The van der Waals surface area contributed by atoms with Gasteiger partial charge in [-0.15, -0.1) is 0 Å². The Hall–Kier alpha value is -0.0116. The summed E-state index contributed by atoms with van der Waals surface area (Å²) in [7, 11) is 3.47. The van der Waals surface area contributed by atoms with Crippen LogP contribution in [0.5, 0.6) is 0 Å². The molecule has 53 valence electrons. The van der Waals surface area contributed by atoms with Crippen molar-refractivity contribution in [1.82, 2.24) is 4.90 Å². The second-order valence-electron chi connectivity index (χ2n) is 1.98. The van der Waals surface area contributed by atoms with Crippen LogP contribution in [0.3, 0.4) is 0 Å². The van der Waals surface area contributed by atoms with E-state index in [-0.39, 0.29) is 24.0 Å². The van der Waals surface area contributed by atoms with Crippen LogP contribution in [-0.2, 0) is 4.79 Å². The minimum absolute atomic E-state index is 0. The molecule has 0 amide bonds. The molecule has 1 unspecified atom stereocenters. The van der Waals surface area contributed by atoms with E-state index in [1.54, 1.807) is 25.9 Å². The zero-order valence-electron chi connectivity index (χ0n) is 5.83. The summed E-state index contributed by atoms with van der Waals surface area (Å²) in [6.07, 6.45) is 0. The van der Waals surface area contributed by atoms with Gasteiger partial charge in [0.1, 0.15) is 6.04 Å². The summed E-state index contributed by atoms with van der Waals surface area (Å²) in [5.74, 6) is -0.782. The van der Waals surface area contributed by atoms with Gasteiger partial charge in [-0.3, -0.25) is 9.69 Å². The molecule has 0 saturated carbocycles. The van der Waals surface area contributed by atoms with Crippen LogP contribution in [0.2, 0.25) is 0 Å². The summed E-state index contributed by atoms with van der Waals surface area (Å²) in [4.78, 5) is 11.7. The molecule has 4 heteroatoms. The van der Waals surface area contributed by atoms with Crippen molar-refractivity contribution in [3.8, 4) is 0 Å². The topological polar surface area (TPSA) is 40.5 Å². The average molecular weight is 192 g/mol. The molecule has 0 aliphatic rings. The molecule has 0 aromatic carbocycles. The first kappa shape index (κ1) is 11.7. The van der Waals surface area contributed by atoms with Crippen molar-refractivity contribution in [2.45, 2.75) is 13.0 Å². The molecule has 1 N–H and O–H groups in total. The Labute approximate surface area is 66.4 Å². The molecule has 0 fully saturated rings. The molecule has 0 aromatic rings. The van der Waals surface area contributed by atoms with Crippen molar-refractivity contribution in [2.24, 2.45) is 0 Å². The van der Waals surface area contributed by atoms with Crippen LogP contribution in [0.4, 0.5) is 0 Å². The molecule has 0 aromatic heterocycles. The minimum atomic E-state index is -0.782. The Morgan fingerprint density at radius 3 is 1.89 bits per heavy atom. The fraction of sp³-hybridized carbons (Fsp3) is 0.800. The maximum Gasteiger partial charge on any atom is 0.320 e. The van der Waals surface area contributed by atoms with Gasteiger partial charge in [0.25, 0.3) is 0 Å². The first-order chi connectivity index (χ1) is 3.55. The molecule has 0 spiro atoms. The molecule has 1 atom stereocenters. The van der Waals surface area contributed by atoms with Gasteiger partial charge in [0, 0.05) is 18.0 Å². The third kappa shape index (κ3) is 4.49. The van der Waals surface area contributed by atoms with Crippen LogP contribution in [0.25, 0.3) is 0 Å². The molecule has 0 saturated heterocycles. The van der Waals surface area contributed by atoms with Crippen molar-refractivity contribution in [1.29, 1.82) is 0 Å². The second-order valence-corrected chi connectivity index (χ2v) is 1.98. The molecule has 0 aliphatic heterocycles. The van der Waals surface area contributed by atoms with Crippen LogP contribution < -0.4 is 0 Å². The van der Waals surface area contributed by atoms with Gasteiger partial charge in [0.2, 0.25) is 0 Å². The second kappa shape index (κ2) is 4.83. The third-order valence-electron chi connectivity index (χ3n) is 1.13. The number of likely N-dealkylation sites (N-methyl/N-ethyl adjacent to an activating group) is 1. The zero-order chi connectivity index (χ0) is 6.73. The van der Waals surface area contributed by atoms with Gasteiger partial charge in [-0.1, -0.05) is 0 Å². The van der Waals surface area contributed by atoms with Gasteiger partial charge >= 0.3 is 5.97 Å². The van der Waals surface area contributed by atoms with Crippen molar-refractivity contribution in [3.05, 3.63) is 0 Å². The van der Waals surface area contributed by atoms with Crippen molar-refractivity contribution in [3.63, 3.8) is 0 Å². The number of carbonyl (C=O) groups is 1. The predicted octanol–water partition coefficient (Wildman–Crippen LogP) is -0.360. The standard InChI is InChI=1S/C5H11NO2.As/c1-4(5(7)8)6(2)3;/h4H,1-3H3,(H,7,8);. The van der Waals surface area contributed by atoms with Gasteiger partial charge in [-0.25, -0.2) is 0 Å². The van der Waals surface area contributed by atoms with E-state index >= 15 is 0 Å². The molecule has 0 aliphatic carbocycles. The number of rotatable bonds is 2. The molecular weight excluding hydrogens is 181 g/mol. The third-order valence-corrected chi connectivity index (χ3v) is 1.13. The summed E-state index contributed by atoms with van der Waals surface area (Å²) in [6, 6.07) is -0.380. The monoisotopic (exact) mass is 192 g/mol. The maximum atomic E-state index is 10.1. The van der Waals surface area contributed by atoms with Crippen LogP contribution in [-0.4, -0.2) is 54.1 Å². The molecule has 0 bridgehead atoms. The number of hydrogen-bond acceptors (Lipinski definition) is 2. The summed E-state index contributed by atoms with van der Waals surface area (Å²) in [5.41, 5.74) is 0. The Morgan fingerprint density at radius 2 is 1.89 bits per heavy atom. The molecule has 3 radical (unpaired) electrons. The van der Waals surface area contributed by atoms with E-state index in [9.17, 15) is 4.79 Å². The Kier molecular flexibility index (Phi) is 6.30. The van der Waals surface area contributed by atoms with Gasteiger partial charge in [0.05, 0.1) is 0 Å². The van der Waals surface area contributed by atoms with Crippen molar-refractivity contribution >= 4 is 23.9 Å². The van der Waals surface area contributed by atoms with E-state index in [1.807, 2.05) is 0 Å². The first-order valence-corrected chi connectivity index (χ1v) is 2.45. The zero-order valence-corrected chi connectivity index (χ0v) is 7.70. The number of carboxylic acid groups (broad SMARTS) is 1. The number of nitrogens with zero attached hydrogens (tertiary/aromatic N) is 1. The van der Waals surface area contributed by atoms with E-state index in [2.05, 4.69) is 0 Å². The molecule has 0 rings (SSSR count). The van der Waals surface area contributed by atoms with Gasteiger partial charge in [-0.05, 0) is 21.0 Å². The minimum Gasteiger partial charge on any atom is -0.480 e. The molecule has 9 heavy (non-hydrogen) atoms. The summed E-state index contributed by atoms with van der Waals surface area (Å²) >= 11 is 0. The van der Waals surface area contributed by atoms with E-state index in [4.69, 9.17) is 5.11 Å². The van der Waals surface area contributed by atoms with Gasteiger partial charge in [-0.2, -0.15) is 0 Å². The number of aliphatic carboxylic acids is 1. The Morgan fingerprint density at radius 1 is 1.56 bits per heavy atom. The summed E-state index contributed by atoms with van der Waals surface area (Å²) in [6.45, 7) is 1.64. The van der Waals surface area contributed by atoms with E-state index in [0.717, 1.165) is 0 Å². The van der Waals surface area contributed by atoms with E-state index in [0.29, 0.717) is 0 Å². The molecule has 0 heterocycles. The largest absolute Gasteiger partial charge is 0.480 e. The van der Waals surface area contributed by atoms with Crippen LogP contribution >= 0.6 is 0 Å². The Bertz CT molecular complexity index is 95.0. The predicted molar refractivity (Wildman–Crippen MR) is 36.5 cm³/mol. The fourth-order valence-corrected chi connectivity index (χ4v) is 0.221. The summed E-state index contributed by atoms with van der Waals surface area (Å²) in [5, 5.41) is 8.31. The fourth-order valence-electron chi connectivity index (χ4n) is 0.221. The van der Waals surface area contributed by atoms with Gasteiger partial charge in [0.15, 0.2) is 0 Å². The smallest absolute Gasteiger partial charge is 0.320 e. The first-order valence-electron chi connectivity index (χ1n) is 2.45. The van der Waals surface area contributed by atoms with Gasteiger partial charge < -0.3 is 5.11 Å². The molecular formula is C5H11AsNO2. The normalized spacial score (nSPS) is 12.4. The summed E-state index contributed by atoms with van der Waals surface area (Å²) < 4.78 is 0. The van der Waals surface area contributed by atoms with E-state index < -0.39 is 5.97 Å². The van der Waals surface area contributed by atoms with Crippen LogP contribution in [0, 0.1) is 0 Å². The molecule has 3 nitrogen and oxygen atoms in total. The average Bonchev–Trinajstić information content (AvgIpc) is 1.64. The number of hydrogen-bond donors (Lipinski definition) is 1. The van der Waals surface area contributed by atoms with Crippen LogP contribution in [0.15, 0.2) is 0 Å². The van der Waals surface area contributed by atoms with Crippen molar-refractivity contribution < 1.29 is 9.90 Å². The maximum absolute atomic E-state index is 10.1. The van der Waals surface area contributed by atoms with Crippen molar-refractivity contribution in [2.75, 3.05) is 14.1 Å².